The Morgan fingerprint density at radius 1 is 0.911 bits per heavy atom. The van der Waals surface area contributed by atoms with Crippen molar-refractivity contribution in [1.82, 2.24) is 4.90 Å². The summed E-state index contributed by atoms with van der Waals surface area (Å²) in [6, 6.07) is 22.9. The van der Waals surface area contributed by atoms with E-state index in [0.29, 0.717) is 6.61 Å². The number of nitrogens with zero attached hydrogens (tertiary/aromatic N) is 1. The van der Waals surface area contributed by atoms with Crippen molar-refractivity contribution in [1.29, 1.82) is 0 Å². The summed E-state index contributed by atoms with van der Waals surface area (Å²) in [5, 5.41) is 0. The van der Waals surface area contributed by atoms with Crippen LogP contribution in [0, 0.1) is 11.8 Å². The summed E-state index contributed by atoms with van der Waals surface area (Å²) in [5.74, 6) is -0.157. The molecule has 0 aliphatic heterocycles. The van der Waals surface area contributed by atoms with E-state index in [1.54, 1.807) is 21.1 Å². The van der Waals surface area contributed by atoms with Crippen molar-refractivity contribution in [3.63, 3.8) is 0 Å². The van der Waals surface area contributed by atoms with Crippen molar-refractivity contribution >= 4 is 18.3 Å². The molecule has 0 heterocycles. The summed E-state index contributed by atoms with van der Waals surface area (Å²) in [7, 11) is 3.15. The highest BCUT2D eigenvalue weighted by molar-refractivity contribution is 5.81. The van der Waals surface area contributed by atoms with Gasteiger partial charge in [0, 0.05) is 25.3 Å². The maximum Gasteiger partial charge on any atom is 0.410 e. The first-order valence-corrected chi connectivity index (χ1v) is 15.7. The van der Waals surface area contributed by atoms with Crippen LogP contribution in [0.3, 0.4) is 0 Å². The number of esters is 1. The van der Waals surface area contributed by atoms with Crippen LogP contribution >= 0.6 is 0 Å². The number of aldehydes is 1. The number of methoxy groups -OCH3 is 1. The molecule has 240 valence electrons. The molecule has 0 spiro atoms. The second-order valence-electron chi connectivity index (χ2n) is 11.8. The normalized spacial score (nSPS) is 15.5. The third-order valence-electron chi connectivity index (χ3n) is 9.06. The van der Waals surface area contributed by atoms with Crippen LogP contribution in [0.4, 0.5) is 4.79 Å². The van der Waals surface area contributed by atoms with E-state index in [1.807, 2.05) is 69.3 Å². The minimum Gasteiger partial charge on any atom is -0.497 e. The number of hydrogen-bond acceptors (Lipinski definition) is 7. The van der Waals surface area contributed by atoms with Gasteiger partial charge in [-0.25, -0.2) is 9.59 Å². The maximum atomic E-state index is 13.4. The molecule has 0 radical (unpaired) electrons. The average molecular weight is 616 g/mol. The molecule has 0 N–H and O–H groups in total. The zero-order valence-corrected chi connectivity index (χ0v) is 27.1. The largest absolute Gasteiger partial charge is 0.497 e. The molecule has 3 aromatic carbocycles. The monoisotopic (exact) mass is 615 g/mol. The molecule has 0 unspecified atom stereocenters. The molecule has 0 saturated carbocycles. The highest BCUT2D eigenvalue weighted by atomic mass is 16.6. The summed E-state index contributed by atoms with van der Waals surface area (Å²) in [4.78, 5) is 39.5. The first kappa shape index (κ1) is 33.7. The molecule has 0 saturated heterocycles. The zero-order valence-electron chi connectivity index (χ0n) is 27.1. The van der Waals surface area contributed by atoms with Crippen LogP contribution in [0.25, 0.3) is 11.1 Å². The molecule has 3 aromatic rings. The van der Waals surface area contributed by atoms with Crippen molar-refractivity contribution in [2.24, 2.45) is 11.8 Å². The predicted octanol–water partition coefficient (Wildman–Crippen LogP) is 7.03. The number of fused-ring (bicyclic) bond motifs is 3. The van der Waals surface area contributed by atoms with Crippen LogP contribution in [0.15, 0.2) is 72.8 Å². The van der Waals surface area contributed by atoms with Crippen molar-refractivity contribution in [3.05, 3.63) is 89.5 Å². The van der Waals surface area contributed by atoms with Gasteiger partial charge >= 0.3 is 12.1 Å². The van der Waals surface area contributed by atoms with Gasteiger partial charge in [0.05, 0.1) is 19.8 Å². The highest BCUT2D eigenvalue weighted by Crippen LogP contribution is 2.44. The smallest absolute Gasteiger partial charge is 0.410 e. The Balaban J connectivity index is 1.38. The Bertz CT molecular complexity index is 1390. The summed E-state index contributed by atoms with van der Waals surface area (Å²) >= 11 is 0. The number of carbonyl (C=O) groups is 3. The van der Waals surface area contributed by atoms with Gasteiger partial charge in [-0.3, -0.25) is 4.90 Å². The molecular formula is C37H45NO7. The molecule has 0 aromatic heterocycles. The molecule has 0 fully saturated rings. The Labute approximate surface area is 266 Å². The number of benzene rings is 3. The molecule has 45 heavy (non-hydrogen) atoms. The quantitative estimate of drug-likeness (QED) is 0.134. The van der Waals surface area contributed by atoms with Crippen LogP contribution in [0.2, 0.25) is 0 Å². The second kappa shape index (κ2) is 15.7. The number of amides is 1. The number of likely N-dealkylation sites (N-methyl/N-ethyl adjacent to an activating group) is 1. The summed E-state index contributed by atoms with van der Waals surface area (Å²) in [6.07, 6.45) is 0.157. The lowest BCUT2D eigenvalue weighted by Gasteiger charge is -2.35. The maximum absolute atomic E-state index is 13.4. The van der Waals surface area contributed by atoms with Gasteiger partial charge in [-0.2, -0.15) is 0 Å². The molecular weight excluding hydrogens is 570 g/mol. The lowest BCUT2D eigenvalue weighted by atomic mass is 9.86. The Morgan fingerprint density at radius 2 is 1.51 bits per heavy atom. The molecule has 1 amide bonds. The van der Waals surface area contributed by atoms with E-state index in [2.05, 4.69) is 24.3 Å². The van der Waals surface area contributed by atoms with E-state index in [9.17, 15) is 14.4 Å². The SMILES string of the molecule is CC[C@H](C)[C@@H](OC(=O)[C@H](C)N(C)C(=O)OCC1c2ccccc2-c2ccccc21)[C@@H](C)[C@H](CC=O)OCc1ccc(OC)cc1. The Morgan fingerprint density at radius 3 is 2.07 bits per heavy atom. The third-order valence-corrected chi connectivity index (χ3v) is 9.06. The van der Waals surface area contributed by atoms with Crippen molar-refractivity contribution in [2.75, 3.05) is 20.8 Å². The minimum absolute atomic E-state index is 0.00495. The van der Waals surface area contributed by atoms with Gasteiger partial charge in [0.25, 0.3) is 0 Å². The molecule has 1 aliphatic carbocycles. The van der Waals surface area contributed by atoms with Crippen LogP contribution in [0.1, 0.15) is 63.1 Å². The van der Waals surface area contributed by atoms with E-state index < -0.39 is 30.3 Å². The number of hydrogen-bond donors (Lipinski definition) is 0. The molecule has 1 aliphatic rings. The molecule has 8 heteroatoms. The summed E-state index contributed by atoms with van der Waals surface area (Å²) < 4.78 is 23.3. The number of carbonyl (C=O) groups excluding carboxylic acids is 3. The minimum atomic E-state index is -0.885. The van der Waals surface area contributed by atoms with Gasteiger partial charge in [-0.05, 0) is 52.8 Å². The average Bonchev–Trinajstić information content (AvgIpc) is 3.40. The van der Waals surface area contributed by atoms with Crippen LogP contribution < -0.4 is 4.74 Å². The molecule has 4 rings (SSSR count). The van der Waals surface area contributed by atoms with Gasteiger partial charge in [0.1, 0.15) is 30.8 Å². The van der Waals surface area contributed by atoms with E-state index in [1.165, 1.54) is 4.90 Å². The Hall–Kier alpha value is -4.17. The van der Waals surface area contributed by atoms with Crippen LogP contribution in [-0.4, -0.2) is 62.3 Å². The van der Waals surface area contributed by atoms with Crippen molar-refractivity contribution < 1.29 is 33.3 Å². The molecule has 0 bridgehead atoms. The zero-order chi connectivity index (χ0) is 32.5. The first-order chi connectivity index (χ1) is 21.7. The number of ether oxygens (including phenoxy) is 4. The van der Waals surface area contributed by atoms with Crippen LogP contribution in [0.5, 0.6) is 5.75 Å². The van der Waals surface area contributed by atoms with E-state index in [0.717, 1.165) is 46.3 Å². The van der Waals surface area contributed by atoms with E-state index in [4.69, 9.17) is 18.9 Å². The second-order valence-corrected chi connectivity index (χ2v) is 11.8. The predicted molar refractivity (Wildman–Crippen MR) is 173 cm³/mol. The third kappa shape index (κ3) is 7.92. The van der Waals surface area contributed by atoms with E-state index >= 15 is 0 Å². The fourth-order valence-electron chi connectivity index (χ4n) is 5.88. The fraction of sp³-hybridized carbons (Fsp3) is 0.432. The standard InChI is InChI=1S/C37H45NO7/c1-7-24(2)35(25(3)34(20-21-39)43-22-27-16-18-28(42-6)19-17-27)45-36(40)26(4)38(5)37(41)44-23-33-31-14-10-8-12-29(31)30-13-9-11-15-32(30)33/h8-19,21,24-26,33-35H,7,20,22-23H2,1-6H3/t24-,25-,26-,34-,35+/m0/s1. The first-order valence-electron chi connectivity index (χ1n) is 15.7. The number of rotatable bonds is 15. The van der Waals surface area contributed by atoms with Gasteiger partial charge < -0.3 is 23.7 Å². The van der Waals surface area contributed by atoms with E-state index in [-0.39, 0.29) is 30.8 Å². The van der Waals surface area contributed by atoms with Crippen LogP contribution in [-0.2, 0) is 30.4 Å². The van der Waals surface area contributed by atoms with Gasteiger partial charge in [-0.15, -0.1) is 0 Å². The van der Waals surface area contributed by atoms with Gasteiger partial charge in [0.15, 0.2) is 0 Å². The van der Waals surface area contributed by atoms with Gasteiger partial charge in [0.2, 0.25) is 0 Å². The summed E-state index contributed by atoms with van der Waals surface area (Å²) in [5.41, 5.74) is 5.46. The topological polar surface area (TPSA) is 91.4 Å². The van der Waals surface area contributed by atoms with Crippen molar-refractivity contribution in [2.45, 2.75) is 71.3 Å². The summed E-state index contributed by atoms with van der Waals surface area (Å²) in [6.45, 7) is 8.06. The lowest BCUT2D eigenvalue weighted by molar-refractivity contribution is -0.164. The van der Waals surface area contributed by atoms with Gasteiger partial charge in [-0.1, -0.05) is 87.9 Å². The highest BCUT2D eigenvalue weighted by Gasteiger charge is 2.36. The fourth-order valence-corrected chi connectivity index (χ4v) is 5.88. The Kier molecular flexibility index (Phi) is 11.8. The molecule has 5 atom stereocenters. The lowest BCUT2D eigenvalue weighted by Crippen LogP contribution is -2.46. The van der Waals surface area contributed by atoms with Crippen molar-refractivity contribution in [3.8, 4) is 16.9 Å². The molecule has 8 nitrogen and oxygen atoms in total.